The maximum atomic E-state index is 4.65. The maximum Gasteiger partial charge on any atom is 0.0949 e. The van der Waals surface area contributed by atoms with Gasteiger partial charge in [0.15, 0.2) is 0 Å². The zero-order valence-corrected chi connectivity index (χ0v) is 10.7. The van der Waals surface area contributed by atoms with Gasteiger partial charge in [0.2, 0.25) is 0 Å². The van der Waals surface area contributed by atoms with Gasteiger partial charge in [-0.25, -0.2) is 4.98 Å². The summed E-state index contributed by atoms with van der Waals surface area (Å²) < 4.78 is 0. The summed E-state index contributed by atoms with van der Waals surface area (Å²) in [6, 6.07) is 0. The third kappa shape index (κ3) is 2.23. The standard InChI is InChI=1S/C12H20N2S/c1-4-12(6-5-7-13-12)8-11-14-9(2)10(3)15-11/h13H,4-8H2,1-3H3. The second kappa shape index (κ2) is 4.22. The van der Waals surface area contributed by atoms with E-state index in [0.29, 0.717) is 5.54 Å². The fourth-order valence-corrected chi connectivity index (χ4v) is 3.43. The Morgan fingerprint density at radius 1 is 1.47 bits per heavy atom. The van der Waals surface area contributed by atoms with Gasteiger partial charge in [-0.1, -0.05) is 6.92 Å². The first kappa shape index (κ1) is 11.1. The first-order chi connectivity index (χ1) is 7.15. The molecule has 2 nitrogen and oxygen atoms in total. The molecule has 2 rings (SSSR count). The van der Waals surface area contributed by atoms with Crippen LogP contribution in [-0.4, -0.2) is 17.1 Å². The van der Waals surface area contributed by atoms with Crippen LogP contribution in [0, 0.1) is 13.8 Å². The van der Waals surface area contributed by atoms with Gasteiger partial charge in [-0.05, 0) is 39.7 Å². The second-order valence-electron chi connectivity index (χ2n) is 4.59. The van der Waals surface area contributed by atoms with Gasteiger partial charge in [-0.15, -0.1) is 11.3 Å². The Morgan fingerprint density at radius 3 is 2.73 bits per heavy atom. The van der Waals surface area contributed by atoms with Gasteiger partial charge < -0.3 is 5.32 Å². The summed E-state index contributed by atoms with van der Waals surface area (Å²) in [5, 5.41) is 4.97. The van der Waals surface area contributed by atoms with Crippen LogP contribution in [0.25, 0.3) is 0 Å². The minimum atomic E-state index is 0.344. The van der Waals surface area contributed by atoms with Crippen LogP contribution in [0.1, 0.15) is 41.8 Å². The zero-order chi connectivity index (χ0) is 10.9. The van der Waals surface area contributed by atoms with E-state index in [1.807, 2.05) is 11.3 Å². The molecule has 1 atom stereocenters. The summed E-state index contributed by atoms with van der Waals surface area (Å²) in [5.74, 6) is 0. The van der Waals surface area contributed by atoms with E-state index in [0.717, 1.165) is 6.42 Å². The molecular formula is C12H20N2S. The lowest BCUT2D eigenvalue weighted by molar-refractivity contribution is 0.359. The highest BCUT2D eigenvalue weighted by molar-refractivity contribution is 7.11. The number of hydrogen-bond acceptors (Lipinski definition) is 3. The van der Waals surface area contributed by atoms with Crippen LogP contribution in [0.5, 0.6) is 0 Å². The molecule has 15 heavy (non-hydrogen) atoms. The van der Waals surface area contributed by atoms with Crippen molar-refractivity contribution in [2.45, 2.75) is 52.0 Å². The summed E-state index contributed by atoms with van der Waals surface area (Å²) in [4.78, 5) is 6.01. The van der Waals surface area contributed by atoms with Crippen molar-refractivity contribution >= 4 is 11.3 Å². The van der Waals surface area contributed by atoms with Crippen LogP contribution in [0.4, 0.5) is 0 Å². The lowest BCUT2D eigenvalue weighted by atomic mass is 9.91. The number of aromatic nitrogens is 1. The number of nitrogens with zero attached hydrogens (tertiary/aromatic N) is 1. The largest absolute Gasteiger partial charge is 0.311 e. The Morgan fingerprint density at radius 2 is 2.27 bits per heavy atom. The Kier molecular flexibility index (Phi) is 3.12. The molecule has 0 spiro atoms. The smallest absolute Gasteiger partial charge is 0.0949 e. The summed E-state index contributed by atoms with van der Waals surface area (Å²) in [7, 11) is 0. The maximum absolute atomic E-state index is 4.65. The average molecular weight is 224 g/mol. The van der Waals surface area contributed by atoms with Crippen LogP contribution in [0.2, 0.25) is 0 Å². The second-order valence-corrected chi connectivity index (χ2v) is 5.88. The number of thiazole rings is 1. The number of aryl methyl sites for hydroxylation is 2. The summed E-state index contributed by atoms with van der Waals surface area (Å²) >= 11 is 1.86. The van der Waals surface area contributed by atoms with Crippen LogP contribution in [-0.2, 0) is 6.42 Å². The van der Waals surface area contributed by atoms with E-state index in [1.165, 1.54) is 41.4 Å². The normalized spacial score (nSPS) is 26.1. The molecule has 0 saturated carbocycles. The summed E-state index contributed by atoms with van der Waals surface area (Å²) in [6.45, 7) is 7.73. The molecule has 2 heterocycles. The molecule has 0 aromatic carbocycles. The van der Waals surface area contributed by atoms with Crippen molar-refractivity contribution < 1.29 is 0 Å². The molecule has 84 valence electrons. The van der Waals surface area contributed by atoms with Gasteiger partial charge in [0.05, 0.1) is 10.7 Å². The highest BCUT2D eigenvalue weighted by Crippen LogP contribution is 2.29. The number of hydrogen-bond donors (Lipinski definition) is 1. The van der Waals surface area contributed by atoms with E-state index < -0.39 is 0 Å². The monoisotopic (exact) mass is 224 g/mol. The molecule has 3 heteroatoms. The minimum Gasteiger partial charge on any atom is -0.311 e. The molecule has 0 bridgehead atoms. The van der Waals surface area contributed by atoms with Crippen molar-refractivity contribution in [3.63, 3.8) is 0 Å². The Balaban J connectivity index is 2.12. The molecule has 0 aliphatic carbocycles. The van der Waals surface area contributed by atoms with E-state index >= 15 is 0 Å². The molecule has 1 saturated heterocycles. The lowest BCUT2D eigenvalue weighted by Gasteiger charge is -2.26. The Labute approximate surface area is 96.1 Å². The highest BCUT2D eigenvalue weighted by atomic mass is 32.1. The van der Waals surface area contributed by atoms with E-state index in [-0.39, 0.29) is 0 Å². The Hall–Kier alpha value is -0.410. The fraction of sp³-hybridized carbons (Fsp3) is 0.750. The summed E-state index contributed by atoms with van der Waals surface area (Å²) in [5.41, 5.74) is 1.55. The number of rotatable bonds is 3. The molecule has 1 fully saturated rings. The van der Waals surface area contributed by atoms with Crippen molar-refractivity contribution in [3.05, 3.63) is 15.6 Å². The van der Waals surface area contributed by atoms with Crippen LogP contribution in [0.3, 0.4) is 0 Å². The molecule has 1 aliphatic heterocycles. The van der Waals surface area contributed by atoms with Crippen molar-refractivity contribution in [3.8, 4) is 0 Å². The average Bonchev–Trinajstić information content (AvgIpc) is 2.77. The van der Waals surface area contributed by atoms with Crippen molar-refractivity contribution in [1.82, 2.24) is 10.3 Å². The van der Waals surface area contributed by atoms with Crippen molar-refractivity contribution in [2.75, 3.05) is 6.54 Å². The lowest BCUT2D eigenvalue weighted by Crippen LogP contribution is -2.41. The van der Waals surface area contributed by atoms with E-state index in [4.69, 9.17) is 0 Å². The van der Waals surface area contributed by atoms with Crippen molar-refractivity contribution in [2.24, 2.45) is 0 Å². The molecule has 1 aromatic rings. The molecule has 1 aromatic heterocycles. The predicted octanol–water partition coefficient (Wildman–Crippen LogP) is 2.83. The van der Waals surface area contributed by atoms with E-state index in [1.54, 1.807) is 0 Å². The molecule has 1 aliphatic rings. The molecule has 1 unspecified atom stereocenters. The van der Waals surface area contributed by atoms with Gasteiger partial charge in [-0.2, -0.15) is 0 Å². The van der Waals surface area contributed by atoms with E-state index in [2.05, 4.69) is 31.1 Å². The Bertz CT molecular complexity index is 318. The zero-order valence-electron chi connectivity index (χ0n) is 9.89. The van der Waals surface area contributed by atoms with Gasteiger partial charge in [0.1, 0.15) is 0 Å². The number of nitrogens with one attached hydrogen (secondary N) is 1. The molecular weight excluding hydrogens is 204 g/mol. The van der Waals surface area contributed by atoms with Crippen LogP contribution in [0.15, 0.2) is 0 Å². The minimum absolute atomic E-state index is 0.344. The third-order valence-corrected chi connectivity index (χ3v) is 4.64. The first-order valence-corrected chi connectivity index (χ1v) is 6.65. The van der Waals surface area contributed by atoms with Gasteiger partial charge in [0.25, 0.3) is 0 Å². The third-order valence-electron chi connectivity index (χ3n) is 3.57. The quantitative estimate of drug-likeness (QED) is 0.854. The predicted molar refractivity (Wildman–Crippen MR) is 65.6 cm³/mol. The first-order valence-electron chi connectivity index (χ1n) is 5.83. The molecule has 0 amide bonds. The molecule has 0 radical (unpaired) electrons. The van der Waals surface area contributed by atoms with Gasteiger partial charge in [-0.3, -0.25) is 0 Å². The van der Waals surface area contributed by atoms with Gasteiger partial charge in [0, 0.05) is 16.8 Å². The van der Waals surface area contributed by atoms with Crippen LogP contribution < -0.4 is 5.32 Å². The van der Waals surface area contributed by atoms with E-state index in [9.17, 15) is 0 Å². The molecule has 1 N–H and O–H groups in total. The highest BCUT2D eigenvalue weighted by Gasteiger charge is 2.32. The topological polar surface area (TPSA) is 24.9 Å². The van der Waals surface area contributed by atoms with Gasteiger partial charge >= 0.3 is 0 Å². The van der Waals surface area contributed by atoms with Crippen molar-refractivity contribution in [1.29, 1.82) is 0 Å². The van der Waals surface area contributed by atoms with Crippen LogP contribution >= 0.6 is 11.3 Å². The SMILES string of the molecule is CCC1(Cc2nc(C)c(C)s2)CCCN1. The fourth-order valence-electron chi connectivity index (χ4n) is 2.35. The summed E-state index contributed by atoms with van der Waals surface area (Å²) in [6.07, 6.45) is 4.95.